The molecule has 5 aromatic rings. The van der Waals surface area contributed by atoms with E-state index >= 15 is 0 Å². The molecule has 3 N–H and O–H groups in total. The van der Waals surface area contributed by atoms with Crippen LogP contribution < -0.4 is 16.1 Å². The van der Waals surface area contributed by atoms with E-state index in [1.54, 1.807) is 54.6 Å². The summed E-state index contributed by atoms with van der Waals surface area (Å²) in [5.74, 6) is 3.55. The van der Waals surface area contributed by atoms with Gasteiger partial charge in [-0.05, 0) is 47.2 Å². The molecule has 0 atom stereocenters. The molecule has 0 amide bonds. The Labute approximate surface area is 208 Å². The first-order valence-corrected chi connectivity index (χ1v) is 10.9. The van der Waals surface area contributed by atoms with Gasteiger partial charge in [-0.3, -0.25) is 4.79 Å². The molecule has 3 aromatic carbocycles. The maximum absolute atomic E-state index is 13.5. The number of carbonyl (C=O) groups excluding carboxylic acids is 2. The smallest absolute Gasteiger partial charge is 0.361 e. The Kier molecular flexibility index (Phi) is 6.46. The zero-order chi connectivity index (χ0) is 25.8. The van der Waals surface area contributed by atoms with Gasteiger partial charge in [0.05, 0.1) is 6.20 Å². The summed E-state index contributed by atoms with van der Waals surface area (Å²) >= 11 is 0. The Balaban J connectivity index is 1.41. The first kappa shape index (κ1) is 23.5. The topological polar surface area (TPSA) is 147 Å². The van der Waals surface area contributed by atoms with Crippen LogP contribution in [0, 0.1) is 5.82 Å². The van der Waals surface area contributed by atoms with Gasteiger partial charge in [-0.15, -0.1) is 5.10 Å². The number of rotatable bonds is 8. The third-order valence-corrected chi connectivity index (χ3v) is 5.28. The molecule has 11 nitrogen and oxygen atoms in total. The van der Waals surface area contributed by atoms with Crippen LogP contribution in [0.1, 0.15) is 26.3 Å². The molecule has 0 aliphatic heterocycles. The molecular weight excluding hydrogens is 481 g/mol. The number of anilines is 2. The number of fused-ring (bicyclic) bond motifs is 1. The van der Waals surface area contributed by atoms with Crippen LogP contribution in [0.25, 0.3) is 11.0 Å². The SMILES string of the molecule is NOC(=O)c1cnc(On2nnc3ccccc32)nc1Nc1cccc(C(=O)Cc2cccc(F)c2)c1. The number of carbonyl (C=O) groups is 2. The standard InChI is InChI=1S/C25H18FN7O4/c26-17-7-3-5-15(11-17)12-22(34)16-6-4-8-18(13-16)29-23-19(24(35)36-27)14-28-25(30-23)37-33-21-10-2-1-9-20(21)31-32-33/h1-11,13-14H,12,27H2,(H,28,29,30). The Morgan fingerprint density at radius 3 is 2.70 bits per heavy atom. The fourth-order valence-corrected chi connectivity index (χ4v) is 3.55. The van der Waals surface area contributed by atoms with Gasteiger partial charge in [0.2, 0.25) is 0 Å². The van der Waals surface area contributed by atoms with Crippen molar-refractivity contribution in [3.8, 4) is 6.01 Å². The van der Waals surface area contributed by atoms with Crippen LogP contribution in [-0.2, 0) is 11.3 Å². The van der Waals surface area contributed by atoms with Crippen LogP contribution >= 0.6 is 0 Å². The van der Waals surface area contributed by atoms with Gasteiger partial charge in [0.15, 0.2) is 11.6 Å². The largest absolute Gasteiger partial charge is 0.369 e. The van der Waals surface area contributed by atoms with Crippen LogP contribution in [0.3, 0.4) is 0 Å². The number of ketones is 1. The Bertz CT molecular complexity index is 1620. The maximum Gasteiger partial charge on any atom is 0.361 e. The number of para-hydroxylation sites is 1. The second-order valence-electron chi connectivity index (χ2n) is 7.80. The summed E-state index contributed by atoms with van der Waals surface area (Å²) in [5.41, 5.74) is 2.47. The van der Waals surface area contributed by atoms with Crippen molar-refractivity contribution >= 4 is 34.3 Å². The summed E-state index contributed by atoms with van der Waals surface area (Å²) in [4.78, 5) is 44.4. The number of benzene rings is 3. The average molecular weight is 499 g/mol. The normalized spacial score (nSPS) is 10.8. The number of nitrogens with two attached hydrogens (primary N) is 1. The number of halogens is 1. The lowest BCUT2D eigenvalue weighted by Crippen LogP contribution is -2.16. The van der Waals surface area contributed by atoms with Crippen molar-refractivity contribution in [2.75, 3.05) is 5.32 Å². The Morgan fingerprint density at radius 2 is 1.86 bits per heavy atom. The highest BCUT2D eigenvalue weighted by Crippen LogP contribution is 2.23. The molecule has 12 heteroatoms. The number of nitrogens with zero attached hydrogens (tertiary/aromatic N) is 5. The lowest BCUT2D eigenvalue weighted by atomic mass is 10.0. The lowest BCUT2D eigenvalue weighted by Gasteiger charge is -2.12. The number of hydrogen-bond acceptors (Lipinski definition) is 10. The van der Waals surface area contributed by atoms with Crippen LogP contribution in [-0.4, -0.2) is 36.9 Å². The van der Waals surface area contributed by atoms with Crippen molar-refractivity contribution in [2.45, 2.75) is 6.42 Å². The Hall–Kier alpha value is -5.23. The molecular formula is C25H18FN7O4. The predicted molar refractivity (Wildman–Crippen MR) is 129 cm³/mol. The van der Waals surface area contributed by atoms with Crippen molar-refractivity contribution in [3.63, 3.8) is 0 Å². The molecule has 0 aliphatic carbocycles. The summed E-state index contributed by atoms with van der Waals surface area (Å²) in [6.07, 6.45) is 1.20. The van der Waals surface area contributed by atoms with Gasteiger partial charge in [-0.1, -0.05) is 41.2 Å². The van der Waals surface area contributed by atoms with E-state index in [9.17, 15) is 14.0 Å². The van der Waals surface area contributed by atoms with Gasteiger partial charge >= 0.3 is 12.0 Å². The average Bonchev–Trinajstić information content (AvgIpc) is 3.31. The van der Waals surface area contributed by atoms with Crippen LogP contribution in [0.15, 0.2) is 79.0 Å². The lowest BCUT2D eigenvalue weighted by molar-refractivity contribution is 0.0503. The molecule has 0 bridgehead atoms. The summed E-state index contributed by atoms with van der Waals surface area (Å²) < 4.78 is 13.5. The van der Waals surface area contributed by atoms with Crippen LogP contribution in [0.4, 0.5) is 15.9 Å². The summed E-state index contributed by atoms with van der Waals surface area (Å²) in [6.45, 7) is 0. The van der Waals surface area contributed by atoms with Crippen molar-refractivity contribution in [1.82, 2.24) is 25.1 Å². The highest BCUT2D eigenvalue weighted by atomic mass is 19.1. The molecule has 0 fully saturated rings. The molecule has 0 spiro atoms. The number of hydrogen-bond donors (Lipinski definition) is 2. The highest BCUT2D eigenvalue weighted by molar-refractivity contribution is 5.99. The van der Waals surface area contributed by atoms with E-state index in [2.05, 4.69) is 30.4 Å². The van der Waals surface area contributed by atoms with Crippen LogP contribution in [0.5, 0.6) is 6.01 Å². The molecule has 37 heavy (non-hydrogen) atoms. The van der Waals surface area contributed by atoms with E-state index in [1.165, 1.54) is 18.3 Å². The molecule has 5 rings (SSSR count). The molecule has 0 unspecified atom stereocenters. The van der Waals surface area contributed by atoms with Gasteiger partial charge in [0, 0.05) is 17.7 Å². The molecule has 184 valence electrons. The number of aromatic nitrogens is 5. The fourth-order valence-electron chi connectivity index (χ4n) is 3.55. The quantitative estimate of drug-likeness (QED) is 0.240. The van der Waals surface area contributed by atoms with E-state index in [0.717, 1.165) is 4.85 Å². The maximum atomic E-state index is 13.5. The van der Waals surface area contributed by atoms with Crippen molar-refractivity contribution in [2.24, 2.45) is 5.90 Å². The monoisotopic (exact) mass is 499 g/mol. The van der Waals surface area contributed by atoms with E-state index < -0.39 is 11.8 Å². The summed E-state index contributed by atoms with van der Waals surface area (Å²) in [5, 5.41) is 10.9. The van der Waals surface area contributed by atoms with Crippen LogP contribution in [0.2, 0.25) is 0 Å². The molecule has 2 heterocycles. The van der Waals surface area contributed by atoms with E-state index in [1.807, 2.05) is 6.07 Å². The van der Waals surface area contributed by atoms with Gasteiger partial charge in [-0.2, -0.15) is 10.9 Å². The van der Waals surface area contributed by atoms with Gasteiger partial charge in [0.1, 0.15) is 22.4 Å². The number of nitrogens with one attached hydrogen (secondary N) is 1. The number of Topliss-reactive ketones (excluding diaryl/α,β-unsaturated/α-hetero) is 1. The fraction of sp³-hybridized carbons (Fsp3) is 0.0400. The minimum atomic E-state index is -0.890. The molecule has 0 saturated heterocycles. The zero-order valence-electron chi connectivity index (χ0n) is 19.0. The van der Waals surface area contributed by atoms with Crippen molar-refractivity contribution < 1.29 is 23.7 Å². The first-order valence-electron chi connectivity index (χ1n) is 10.9. The zero-order valence-corrected chi connectivity index (χ0v) is 19.0. The molecule has 2 aromatic heterocycles. The predicted octanol–water partition coefficient (Wildman–Crippen LogP) is 3.40. The van der Waals surface area contributed by atoms with E-state index in [4.69, 9.17) is 10.7 Å². The van der Waals surface area contributed by atoms with Crippen molar-refractivity contribution in [1.29, 1.82) is 0 Å². The second-order valence-corrected chi connectivity index (χ2v) is 7.80. The summed E-state index contributed by atoms with van der Waals surface area (Å²) in [7, 11) is 0. The minimum absolute atomic E-state index is 0.0135. The van der Waals surface area contributed by atoms with E-state index in [-0.39, 0.29) is 29.6 Å². The molecule has 0 aliphatic rings. The third-order valence-electron chi connectivity index (χ3n) is 5.28. The first-order chi connectivity index (χ1) is 18.0. The second kappa shape index (κ2) is 10.2. The third kappa shape index (κ3) is 5.23. The van der Waals surface area contributed by atoms with Gasteiger partial charge in [0.25, 0.3) is 0 Å². The van der Waals surface area contributed by atoms with E-state index in [0.29, 0.717) is 27.8 Å². The van der Waals surface area contributed by atoms with Crippen molar-refractivity contribution in [3.05, 3.63) is 102 Å². The molecule has 0 radical (unpaired) electrons. The molecule has 0 saturated carbocycles. The van der Waals surface area contributed by atoms with Gasteiger partial charge in [-0.25, -0.2) is 14.2 Å². The highest BCUT2D eigenvalue weighted by Gasteiger charge is 2.19. The Morgan fingerprint density at radius 1 is 1.03 bits per heavy atom. The van der Waals surface area contributed by atoms with Gasteiger partial charge < -0.3 is 15.0 Å². The minimum Gasteiger partial charge on any atom is -0.369 e. The summed E-state index contributed by atoms with van der Waals surface area (Å²) in [6, 6.07) is 19.3.